The van der Waals surface area contributed by atoms with Gasteiger partial charge in [-0.05, 0) is 23.6 Å². The number of hydrogen-bond acceptors (Lipinski definition) is 3. The fraction of sp³-hybridized carbons (Fsp3) is 0.538. The van der Waals surface area contributed by atoms with Crippen molar-refractivity contribution in [1.82, 2.24) is 0 Å². The first kappa shape index (κ1) is 12.7. The molecular weight excluding hydrogens is 282 g/mol. The summed E-state index contributed by atoms with van der Waals surface area (Å²) in [5.41, 5.74) is 7.34. The largest absolute Gasteiger partial charge is 0.486 e. The summed E-state index contributed by atoms with van der Waals surface area (Å²) in [5, 5.41) is 0. The maximum atomic E-state index is 6.26. The molecule has 2 atom stereocenters. The predicted molar refractivity (Wildman–Crippen MR) is 71.5 cm³/mol. The Hall–Kier alpha value is -0.740. The zero-order valence-electron chi connectivity index (χ0n) is 10.2. The monoisotopic (exact) mass is 299 g/mol. The highest BCUT2D eigenvalue weighted by atomic mass is 79.9. The van der Waals surface area contributed by atoms with E-state index >= 15 is 0 Å². The smallest absolute Gasteiger partial charge is 0.162 e. The Morgan fingerprint density at radius 1 is 1.29 bits per heavy atom. The maximum absolute atomic E-state index is 6.26. The summed E-state index contributed by atoms with van der Waals surface area (Å²) >= 11 is 3.56. The molecule has 0 fully saturated rings. The summed E-state index contributed by atoms with van der Waals surface area (Å²) in [5.74, 6) is 2.03. The molecule has 2 rings (SSSR count). The molecule has 2 unspecified atom stereocenters. The van der Waals surface area contributed by atoms with E-state index in [1.165, 1.54) is 0 Å². The van der Waals surface area contributed by atoms with E-state index in [0.717, 1.165) is 28.0 Å². The fourth-order valence-electron chi connectivity index (χ4n) is 1.90. The number of halogens is 1. The Kier molecular flexibility index (Phi) is 3.94. The zero-order chi connectivity index (χ0) is 12.4. The van der Waals surface area contributed by atoms with E-state index in [1.54, 1.807) is 0 Å². The van der Waals surface area contributed by atoms with Crippen LogP contribution in [0.2, 0.25) is 0 Å². The van der Waals surface area contributed by atoms with Crippen LogP contribution in [0.25, 0.3) is 0 Å². The predicted octanol–water partition coefficient (Wildman–Crippen LogP) is 3.27. The Morgan fingerprint density at radius 2 is 1.88 bits per heavy atom. The minimum atomic E-state index is 0.0187. The van der Waals surface area contributed by atoms with Crippen LogP contribution in [0.3, 0.4) is 0 Å². The van der Waals surface area contributed by atoms with Crippen LogP contribution >= 0.6 is 15.9 Å². The van der Waals surface area contributed by atoms with Gasteiger partial charge in [-0.25, -0.2) is 0 Å². The third-order valence-corrected chi connectivity index (χ3v) is 3.96. The summed E-state index contributed by atoms with van der Waals surface area (Å²) in [4.78, 5) is 0. The third kappa shape index (κ3) is 2.58. The van der Waals surface area contributed by atoms with Gasteiger partial charge < -0.3 is 15.2 Å². The number of rotatable bonds is 3. The molecule has 0 amide bonds. The minimum Gasteiger partial charge on any atom is -0.486 e. The van der Waals surface area contributed by atoms with Crippen LogP contribution in [0, 0.1) is 5.92 Å². The average molecular weight is 300 g/mol. The van der Waals surface area contributed by atoms with Gasteiger partial charge >= 0.3 is 0 Å². The van der Waals surface area contributed by atoms with E-state index in [9.17, 15) is 0 Å². The average Bonchev–Trinajstić information content (AvgIpc) is 2.36. The van der Waals surface area contributed by atoms with Gasteiger partial charge in [0.25, 0.3) is 0 Å². The second-order valence-corrected chi connectivity index (χ2v) is 5.28. The summed E-state index contributed by atoms with van der Waals surface area (Å²) in [7, 11) is 0. The standard InChI is InChI=1S/C13H18BrNO2/c1-3-8(2)13(15)9-6-11-12(7-10(9)14)17-5-4-16-11/h6-8,13H,3-5,15H2,1-2H3. The molecule has 17 heavy (non-hydrogen) atoms. The van der Waals surface area contributed by atoms with Crippen LogP contribution in [-0.4, -0.2) is 13.2 Å². The lowest BCUT2D eigenvalue weighted by molar-refractivity contribution is 0.171. The van der Waals surface area contributed by atoms with Crippen LogP contribution < -0.4 is 15.2 Å². The Morgan fingerprint density at radius 3 is 2.47 bits per heavy atom. The van der Waals surface area contributed by atoms with E-state index < -0.39 is 0 Å². The molecule has 0 aliphatic carbocycles. The summed E-state index contributed by atoms with van der Waals surface area (Å²) < 4.78 is 12.1. The fourth-order valence-corrected chi connectivity index (χ4v) is 2.48. The number of ether oxygens (including phenoxy) is 2. The van der Waals surface area contributed by atoms with Crippen LogP contribution in [-0.2, 0) is 0 Å². The number of benzene rings is 1. The third-order valence-electron chi connectivity index (χ3n) is 3.28. The number of nitrogens with two attached hydrogens (primary N) is 1. The molecule has 3 nitrogen and oxygen atoms in total. The highest BCUT2D eigenvalue weighted by Gasteiger charge is 2.20. The zero-order valence-corrected chi connectivity index (χ0v) is 11.8. The Bertz CT molecular complexity index is 409. The Balaban J connectivity index is 2.34. The molecule has 0 saturated carbocycles. The molecule has 0 radical (unpaired) electrons. The van der Waals surface area contributed by atoms with Crippen molar-refractivity contribution in [3.05, 3.63) is 22.2 Å². The van der Waals surface area contributed by atoms with Crippen LogP contribution in [0.4, 0.5) is 0 Å². The first-order valence-electron chi connectivity index (χ1n) is 5.98. The van der Waals surface area contributed by atoms with Crippen molar-refractivity contribution >= 4 is 15.9 Å². The molecule has 4 heteroatoms. The molecular formula is C13H18BrNO2. The minimum absolute atomic E-state index is 0.0187. The molecule has 1 aliphatic heterocycles. The van der Waals surface area contributed by atoms with E-state index in [4.69, 9.17) is 15.2 Å². The summed E-state index contributed by atoms with van der Waals surface area (Å²) in [6.45, 7) is 5.52. The van der Waals surface area contributed by atoms with Gasteiger partial charge in [0.1, 0.15) is 13.2 Å². The quantitative estimate of drug-likeness (QED) is 0.932. The first-order chi connectivity index (χ1) is 8.13. The maximum Gasteiger partial charge on any atom is 0.162 e. The van der Waals surface area contributed by atoms with E-state index in [0.29, 0.717) is 19.1 Å². The highest BCUT2D eigenvalue weighted by Crippen LogP contribution is 2.39. The van der Waals surface area contributed by atoms with Gasteiger partial charge in [0.2, 0.25) is 0 Å². The van der Waals surface area contributed by atoms with Gasteiger partial charge in [-0.2, -0.15) is 0 Å². The second kappa shape index (κ2) is 5.27. The van der Waals surface area contributed by atoms with Crippen LogP contribution in [0.15, 0.2) is 16.6 Å². The lowest BCUT2D eigenvalue weighted by Gasteiger charge is -2.24. The van der Waals surface area contributed by atoms with Crippen molar-refractivity contribution in [2.45, 2.75) is 26.3 Å². The van der Waals surface area contributed by atoms with Gasteiger partial charge in [-0.1, -0.05) is 36.2 Å². The molecule has 0 saturated heterocycles. The van der Waals surface area contributed by atoms with Gasteiger partial charge in [0.15, 0.2) is 11.5 Å². The molecule has 94 valence electrons. The molecule has 2 N–H and O–H groups in total. The summed E-state index contributed by atoms with van der Waals surface area (Å²) in [6.07, 6.45) is 1.06. The molecule has 1 heterocycles. The van der Waals surface area contributed by atoms with Crippen LogP contribution in [0.1, 0.15) is 31.9 Å². The highest BCUT2D eigenvalue weighted by molar-refractivity contribution is 9.10. The Labute approximate surface area is 110 Å². The van der Waals surface area contributed by atoms with Gasteiger partial charge in [0.05, 0.1) is 0 Å². The first-order valence-corrected chi connectivity index (χ1v) is 6.77. The van der Waals surface area contributed by atoms with Gasteiger partial charge in [0, 0.05) is 10.5 Å². The van der Waals surface area contributed by atoms with Crippen molar-refractivity contribution in [3.63, 3.8) is 0 Å². The molecule has 1 aromatic carbocycles. The van der Waals surface area contributed by atoms with Crippen molar-refractivity contribution in [2.24, 2.45) is 11.7 Å². The number of hydrogen-bond donors (Lipinski definition) is 1. The van der Waals surface area contributed by atoms with E-state index in [1.807, 2.05) is 12.1 Å². The van der Waals surface area contributed by atoms with Crippen molar-refractivity contribution < 1.29 is 9.47 Å². The number of fused-ring (bicyclic) bond motifs is 1. The van der Waals surface area contributed by atoms with Crippen molar-refractivity contribution in [3.8, 4) is 11.5 Å². The molecule has 0 aromatic heterocycles. The van der Waals surface area contributed by atoms with Crippen LogP contribution in [0.5, 0.6) is 11.5 Å². The van der Waals surface area contributed by atoms with E-state index in [-0.39, 0.29) is 6.04 Å². The SMILES string of the molecule is CCC(C)C(N)c1cc2c(cc1Br)OCCO2. The lowest BCUT2D eigenvalue weighted by Crippen LogP contribution is -2.20. The topological polar surface area (TPSA) is 44.5 Å². The molecule has 1 aromatic rings. The van der Waals surface area contributed by atoms with Gasteiger partial charge in [-0.3, -0.25) is 0 Å². The van der Waals surface area contributed by atoms with Crippen molar-refractivity contribution in [2.75, 3.05) is 13.2 Å². The normalized spacial score (nSPS) is 17.6. The van der Waals surface area contributed by atoms with Gasteiger partial charge in [-0.15, -0.1) is 0 Å². The summed E-state index contributed by atoms with van der Waals surface area (Å²) in [6, 6.07) is 3.96. The molecule has 0 spiro atoms. The van der Waals surface area contributed by atoms with Crippen molar-refractivity contribution in [1.29, 1.82) is 0 Å². The molecule has 0 bridgehead atoms. The lowest BCUT2D eigenvalue weighted by atomic mass is 9.93. The molecule has 1 aliphatic rings. The second-order valence-electron chi connectivity index (χ2n) is 4.43. The van der Waals surface area contributed by atoms with E-state index in [2.05, 4.69) is 29.8 Å².